The number of aromatic nitrogens is 2. The Morgan fingerprint density at radius 1 is 1.40 bits per heavy atom. The van der Waals surface area contributed by atoms with Gasteiger partial charge in [-0.05, 0) is 12.1 Å². The van der Waals surface area contributed by atoms with Crippen molar-refractivity contribution in [2.24, 2.45) is 0 Å². The molecule has 1 heterocycles. The standard InChI is InChI=1S/C9H6BrClFN3/c10-4-1-5(8(11)7(12)2-4)6-3-14-15-9(6)13/h1-3H,(H3,13,14,15). The normalized spacial score (nSPS) is 10.6. The number of hydrogen-bond donors (Lipinski definition) is 2. The fraction of sp³-hybridized carbons (Fsp3) is 0. The zero-order valence-corrected chi connectivity index (χ0v) is 9.73. The predicted molar refractivity (Wildman–Crippen MR) is 61.1 cm³/mol. The third-order valence-corrected chi connectivity index (χ3v) is 2.79. The number of nitrogens with two attached hydrogens (primary N) is 1. The van der Waals surface area contributed by atoms with Gasteiger partial charge in [-0.3, -0.25) is 5.10 Å². The Morgan fingerprint density at radius 3 is 2.73 bits per heavy atom. The summed E-state index contributed by atoms with van der Waals surface area (Å²) in [6.45, 7) is 0. The minimum Gasteiger partial charge on any atom is -0.384 e. The van der Waals surface area contributed by atoms with Gasteiger partial charge < -0.3 is 5.73 Å². The van der Waals surface area contributed by atoms with Gasteiger partial charge in [-0.15, -0.1) is 0 Å². The third-order valence-electron chi connectivity index (χ3n) is 1.95. The van der Waals surface area contributed by atoms with Gasteiger partial charge in [0.05, 0.1) is 11.2 Å². The topological polar surface area (TPSA) is 54.7 Å². The van der Waals surface area contributed by atoms with Crippen molar-refractivity contribution < 1.29 is 4.39 Å². The van der Waals surface area contributed by atoms with Crippen LogP contribution in [0.5, 0.6) is 0 Å². The number of rotatable bonds is 1. The Morgan fingerprint density at radius 2 is 2.13 bits per heavy atom. The van der Waals surface area contributed by atoms with Crippen LogP contribution in [0, 0.1) is 5.82 Å². The van der Waals surface area contributed by atoms with E-state index in [-0.39, 0.29) is 5.02 Å². The van der Waals surface area contributed by atoms with Crippen molar-refractivity contribution in [3.8, 4) is 11.1 Å². The Labute approximate surface area is 98.6 Å². The first-order valence-corrected chi connectivity index (χ1v) is 5.20. The van der Waals surface area contributed by atoms with Crippen LogP contribution in [0.1, 0.15) is 0 Å². The van der Waals surface area contributed by atoms with Crippen molar-refractivity contribution in [2.45, 2.75) is 0 Å². The van der Waals surface area contributed by atoms with E-state index in [2.05, 4.69) is 26.1 Å². The van der Waals surface area contributed by atoms with Crippen LogP contribution in [0.4, 0.5) is 10.2 Å². The molecule has 0 amide bonds. The quantitative estimate of drug-likeness (QED) is 0.792. The van der Waals surface area contributed by atoms with Gasteiger partial charge in [0.25, 0.3) is 0 Å². The molecule has 0 bridgehead atoms. The minimum atomic E-state index is -0.498. The van der Waals surface area contributed by atoms with Crippen LogP contribution in [-0.4, -0.2) is 10.2 Å². The lowest BCUT2D eigenvalue weighted by atomic mass is 10.1. The molecule has 0 fully saturated rings. The Kier molecular flexibility index (Phi) is 2.67. The second kappa shape index (κ2) is 3.83. The van der Waals surface area contributed by atoms with Crippen LogP contribution in [-0.2, 0) is 0 Å². The van der Waals surface area contributed by atoms with E-state index in [1.165, 1.54) is 12.3 Å². The Bertz CT molecular complexity index is 512. The van der Waals surface area contributed by atoms with Gasteiger partial charge in [0.1, 0.15) is 11.6 Å². The fourth-order valence-corrected chi connectivity index (χ4v) is 1.90. The van der Waals surface area contributed by atoms with Gasteiger partial charge in [0, 0.05) is 15.6 Å². The number of H-pyrrole nitrogens is 1. The molecule has 0 aliphatic heterocycles. The van der Waals surface area contributed by atoms with E-state index in [0.29, 0.717) is 21.4 Å². The molecule has 1 aromatic carbocycles. The molecule has 0 spiro atoms. The lowest BCUT2D eigenvalue weighted by molar-refractivity contribution is 0.628. The number of nitrogens with zero attached hydrogens (tertiary/aromatic N) is 1. The number of halogens is 3. The van der Waals surface area contributed by atoms with Crippen molar-refractivity contribution >= 4 is 33.3 Å². The average Bonchev–Trinajstić information content (AvgIpc) is 2.58. The van der Waals surface area contributed by atoms with Gasteiger partial charge in [-0.2, -0.15) is 5.10 Å². The Balaban J connectivity index is 2.68. The summed E-state index contributed by atoms with van der Waals surface area (Å²) in [5.74, 6) is -0.143. The molecule has 1 aromatic heterocycles. The second-order valence-electron chi connectivity index (χ2n) is 2.95. The smallest absolute Gasteiger partial charge is 0.143 e. The molecule has 2 rings (SSSR count). The molecule has 3 nitrogen and oxygen atoms in total. The number of anilines is 1. The first-order valence-electron chi connectivity index (χ1n) is 4.03. The molecule has 0 saturated carbocycles. The minimum absolute atomic E-state index is 0.0336. The molecule has 6 heteroatoms. The fourth-order valence-electron chi connectivity index (χ4n) is 1.26. The average molecular weight is 291 g/mol. The lowest BCUT2D eigenvalue weighted by Crippen LogP contribution is -1.90. The summed E-state index contributed by atoms with van der Waals surface area (Å²) in [4.78, 5) is 0. The molecule has 0 aliphatic rings. The predicted octanol–water partition coefficient (Wildman–Crippen LogP) is 3.21. The molecule has 0 unspecified atom stereocenters. The molecule has 78 valence electrons. The summed E-state index contributed by atoms with van der Waals surface area (Å²) in [5.41, 5.74) is 6.72. The molecule has 3 N–H and O–H groups in total. The Hall–Kier alpha value is -1.07. The summed E-state index contributed by atoms with van der Waals surface area (Å²) in [7, 11) is 0. The number of nitrogen functional groups attached to an aromatic ring is 1. The summed E-state index contributed by atoms with van der Waals surface area (Å²) in [5, 5.41) is 6.35. The first-order chi connectivity index (χ1) is 7.09. The van der Waals surface area contributed by atoms with Gasteiger partial charge in [0.2, 0.25) is 0 Å². The maximum atomic E-state index is 13.3. The molecular formula is C9H6BrClFN3. The molecular weight excluding hydrogens is 284 g/mol. The van der Waals surface area contributed by atoms with E-state index in [4.69, 9.17) is 17.3 Å². The number of hydrogen-bond acceptors (Lipinski definition) is 2. The number of benzene rings is 1. The molecule has 0 saturated heterocycles. The molecule has 15 heavy (non-hydrogen) atoms. The lowest BCUT2D eigenvalue weighted by Gasteiger charge is -2.04. The van der Waals surface area contributed by atoms with Crippen molar-refractivity contribution in [3.63, 3.8) is 0 Å². The zero-order chi connectivity index (χ0) is 11.0. The van der Waals surface area contributed by atoms with Crippen LogP contribution in [0.2, 0.25) is 5.02 Å². The molecule has 0 radical (unpaired) electrons. The highest BCUT2D eigenvalue weighted by Crippen LogP contribution is 2.34. The summed E-state index contributed by atoms with van der Waals surface area (Å²) in [6.07, 6.45) is 1.50. The van der Waals surface area contributed by atoms with E-state index in [9.17, 15) is 4.39 Å². The second-order valence-corrected chi connectivity index (χ2v) is 4.24. The van der Waals surface area contributed by atoms with E-state index in [0.717, 1.165) is 0 Å². The highest BCUT2D eigenvalue weighted by Gasteiger charge is 2.13. The maximum absolute atomic E-state index is 13.3. The van der Waals surface area contributed by atoms with E-state index >= 15 is 0 Å². The van der Waals surface area contributed by atoms with Gasteiger partial charge in [-0.25, -0.2) is 4.39 Å². The van der Waals surface area contributed by atoms with Gasteiger partial charge >= 0.3 is 0 Å². The van der Waals surface area contributed by atoms with Gasteiger partial charge in [0.15, 0.2) is 0 Å². The van der Waals surface area contributed by atoms with E-state index < -0.39 is 5.82 Å². The highest BCUT2D eigenvalue weighted by molar-refractivity contribution is 9.10. The summed E-state index contributed by atoms with van der Waals surface area (Å²) < 4.78 is 13.9. The largest absolute Gasteiger partial charge is 0.384 e. The van der Waals surface area contributed by atoms with Crippen molar-refractivity contribution in [2.75, 3.05) is 5.73 Å². The van der Waals surface area contributed by atoms with Crippen molar-refractivity contribution in [1.29, 1.82) is 0 Å². The molecule has 0 atom stereocenters. The van der Waals surface area contributed by atoms with Crippen LogP contribution in [0.25, 0.3) is 11.1 Å². The third kappa shape index (κ3) is 1.85. The number of aromatic amines is 1. The summed E-state index contributed by atoms with van der Waals surface area (Å²) >= 11 is 9.02. The van der Waals surface area contributed by atoms with Crippen LogP contribution >= 0.6 is 27.5 Å². The highest BCUT2D eigenvalue weighted by atomic mass is 79.9. The zero-order valence-electron chi connectivity index (χ0n) is 7.39. The van der Waals surface area contributed by atoms with E-state index in [1.807, 2.05) is 0 Å². The molecule has 0 aliphatic carbocycles. The van der Waals surface area contributed by atoms with Crippen LogP contribution in [0.3, 0.4) is 0 Å². The molecule has 2 aromatic rings. The number of nitrogens with one attached hydrogen (secondary N) is 1. The monoisotopic (exact) mass is 289 g/mol. The van der Waals surface area contributed by atoms with Crippen LogP contribution in [0.15, 0.2) is 22.8 Å². The SMILES string of the molecule is Nc1[nH]ncc1-c1cc(Br)cc(F)c1Cl. The first kappa shape index (κ1) is 10.4. The summed E-state index contributed by atoms with van der Waals surface area (Å²) in [6, 6.07) is 2.98. The maximum Gasteiger partial charge on any atom is 0.143 e. The van der Waals surface area contributed by atoms with Crippen molar-refractivity contribution in [1.82, 2.24) is 10.2 Å². The van der Waals surface area contributed by atoms with E-state index in [1.54, 1.807) is 6.07 Å². The van der Waals surface area contributed by atoms with Gasteiger partial charge in [-0.1, -0.05) is 27.5 Å². The van der Waals surface area contributed by atoms with Crippen molar-refractivity contribution in [3.05, 3.63) is 33.6 Å². The van der Waals surface area contributed by atoms with Crippen LogP contribution < -0.4 is 5.73 Å².